The fourth-order valence-corrected chi connectivity index (χ4v) is 3.72. The van der Waals surface area contributed by atoms with Gasteiger partial charge < -0.3 is 20.5 Å². The number of rotatable bonds is 11. The van der Waals surface area contributed by atoms with Gasteiger partial charge in [-0.2, -0.15) is 0 Å². The minimum atomic E-state index is -1.17. The number of amides is 2. The molecular formula is C30H26F2N2O4. The van der Waals surface area contributed by atoms with Gasteiger partial charge in [-0.15, -0.1) is 0 Å². The first-order valence-electron chi connectivity index (χ1n) is 11.9. The lowest BCUT2D eigenvalue weighted by Gasteiger charge is -2.18. The average molecular weight is 517 g/mol. The molecule has 0 aliphatic carbocycles. The van der Waals surface area contributed by atoms with Gasteiger partial charge in [0.1, 0.15) is 19.3 Å². The maximum atomic E-state index is 13.6. The Labute approximate surface area is 219 Å². The Morgan fingerprint density at radius 3 is 1.89 bits per heavy atom. The van der Waals surface area contributed by atoms with E-state index in [1.807, 2.05) is 60.7 Å². The van der Waals surface area contributed by atoms with Crippen molar-refractivity contribution >= 4 is 11.8 Å². The van der Waals surface area contributed by atoms with Gasteiger partial charge in [0.15, 0.2) is 23.1 Å². The van der Waals surface area contributed by atoms with Crippen molar-refractivity contribution in [1.29, 1.82) is 0 Å². The standard InChI is InChI=1S/C30H26F2N2O4/c31-24-13-12-23(17-25(24)32)30(36)34-26(29(33)35)15-22-11-14-27(37-18-20-7-3-1-4-8-20)28(16-22)38-19-21-9-5-2-6-10-21/h1-14,16-17,26H,15,18-19H2,(H2,33,35)(H,34,36)/t26-/m1/s1. The molecule has 38 heavy (non-hydrogen) atoms. The smallest absolute Gasteiger partial charge is 0.252 e. The van der Waals surface area contributed by atoms with Gasteiger partial charge in [-0.05, 0) is 47.0 Å². The molecule has 8 heteroatoms. The van der Waals surface area contributed by atoms with Crippen LogP contribution in [0.25, 0.3) is 0 Å². The number of hydrogen-bond acceptors (Lipinski definition) is 4. The zero-order valence-corrected chi connectivity index (χ0v) is 20.4. The van der Waals surface area contributed by atoms with Crippen LogP contribution in [-0.2, 0) is 24.4 Å². The first kappa shape index (κ1) is 26.3. The van der Waals surface area contributed by atoms with Crippen LogP contribution in [0.5, 0.6) is 11.5 Å². The number of nitrogens with two attached hydrogens (primary N) is 1. The van der Waals surface area contributed by atoms with Gasteiger partial charge in [-0.25, -0.2) is 8.78 Å². The molecule has 0 saturated heterocycles. The fourth-order valence-electron chi connectivity index (χ4n) is 3.72. The Bertz CT molecular complexity index is 1400. The van der Waals surface area contributed by atoms with Crippen LogP contribution in [0.2, 0.25) is 0 Å². The van der Waals surface area contributed by atoms with Gasteiger partial charge in [0.05, 0.1) is 0 Å². The van der Waals surface area contributed by atoms with Crippen molar-refractivity contribution in [3.05, 3.63) is 131 Å². The van der Waals surface area contributed by atoms with Gasteiger partial charge in [0.25, 0.3) is 5.91 Å². The van der Waals surface area contributed by atoms with Crippen molar-refractivity contribution in [2.45, 2.75) is 25.7 Å². The quantitative estimate of drug-likeness (QED) is 0.295. The van der Waals surface area contributed by atoms with Crippen molar-refractivity contribution in [2.24, 2.45) is 5.73 Å². The maximum absolute atomic E-state index is 13.6. The molecule has 0 radical (unpaired) electrons. The van der Waals surface area contributed by atoms with Gasteiger partial charge in [0.2, 0.25) is 5.91 Å². The highest BCUT2D eigenvalue weighted by atomic mass is 19.2. The molecule has 1 atom stereocenters. The summed E-state index contributed by atoms with van der Waals surface area (Å²) >= 11 is 0. The molecule has 0 heterocycles. The van der Waals surface area contributed by atoms with Crippen molar-refractivity contribution in [3.8, 4) is 11.5 Å². The number of primary amides is 1. The van der Waals surface area contributed by atoms with Gasteiger partial charge >= 0.3 is 0 Å². The predicted octanol–water partition coefficient (Wildman–Crippen LogP) is 4.95. The molecular weight excluding hydrogens is 490 g/mol. The van der Waals surface area contributed by atoms with E-state index < -0.39 is 29.5 Å². The third-order valence-corrected chi connectivity index (χ3v) is 5.75. The zero-order valence-electron chi connectivity index (χ0n) is 20.4. The van der Waals surface area contributed by atoms with Crippen LogP contribution in [-0.4, -0.2) is 17.9 Å². The Morgan fingerprint density at radius 1 is 0.711 bits per heavy atom. The molecule has 0 aliphatic heterocycles. The van der Waals surface area contributed by atoms with Crippen molar-refractivity contribution in [1.82, 2.24) is 5.32 Å². The largest absolute Gasteiger partial charge is 0.485 e. The lowest BCUT2D eigenvalue weighted by molar-refractivity contribution is -0.119. The van der Waals surface area contributed by atoms with Crippen molar-refractivity contribution < 1.29 is 27.8 Å². The molecule has 0 fully saturated rings. The highest BCUT2D eigenvalue weighted by molar-refractivity contribution is 5.97. The van der Waals surface area contributed by atoms with E-state index >= 15 is 0 Å². The van der Waals surface area contributed by atoms with E-state index in [0.717, 1.165) is 29.3 Å². The Morgan fingerprint density at radius 2 is 1.32 bits per heavy atom. The van der Waals surface area contributed by atoms with E-state index in [4.69, 9.17) is 15.2 Å². The summed E-state index contributed by atoms with van der Waals surface area (Å²) in [5.41, 5.74) is 8.00. The third-order valence-electron chi connectivity index (χ3n) is 5.75. The van der Waals surface area contributed by atoms with Crippen molar-refractivity contribution in [2.75, 3.05) is 0 Å². The van der Waals surface area contributed by atoms with Crippen LogP contribution in [0.1, 0.15) is 27.0 Å². The number of carbonyl (C=O) groups is 2. The van der Waals surface area contributed by atoms with E-state index in [2.05, 4.69) is 5.32 Å². The number of carbonyl (C=O) groups excluding carboxylic acids is 2. The molecule has 2 amide bonds. The summed E-state index contributed by atoms with van der Waals surface area (Å²) in [4.78, 5) is 24.7. The number of nitrogens with one attached hydrogen (secondary N) is 1. The number of ether oxygens (including phenoxy) is 2. The molecule has 0 aromatic heterocycles. The highest BCUT2D eigenvalue weighted by Crippen LogP contribution is 2.30. The number of benzene rings is 4. The van der Waals surface area contributed by atoms with E-state index in [1.54, 1.807) is 18.2 Å². The molecule has 3 N–H and O–H groups in total. The molecule has 194 valence electrons. The number of hydrogen-bond donors (Lipinski definition) is 2. The van der Waals surface area contributed by atoms with Gasteiger partial charge in [0, 0.05) is 12.0 Å². The van der Waals surface area contributed by atoms with Crippen LogP contribution in [0.3, 0.4) is 0 Å². The summed E-state index contributed by atoms with van der Waals surface area (Å²) in [6, 6.07) is 26.1. The first-order chi connectivity index (χ1) is 18.4. The van der Waals surface area contributed by atoms with Crippen LogP contribution in [0.15, 0.2) is 97.1 Å². The monoisotopic (exact) mass is 516 g/mol. The second-order valence-corrected chi connectivity index (χ2v) is 8.59. The fraction of sp³-hybridized carbons (Fsp3) is 0.133. The maximum Gasteiger partial charge on any atom is 0.252 e. The lowest BCUT2D eigenvalue weighted by atomic mass is 10.0. The summed E-state index contributed by atoms with van der Waals surface area (Å²) in [6.07, 6.45) is 0.0470. The summed E-state index contributed by atoms with van der Waals surface area (Å²) in [6.45, 7) is 0.619. The van der Waals surface area contributed by atoms with E-state index in [-0.39, 0.29) is 18.6 Å². The minimum absolute atomic E-state index is 0.0470. The Kier molecular flexibility index (Phi) is 8.66. The first-order valence-corrected chi connectivity index (χ1v) is 11.9. The average Bonchev–Trinajstić information content (AvgIpc) is 2.93. The molecule has 0 saturated carbocycles. The molecule has 4 rings (SSSR count). The second kappa shape index (κ2) is 12.5. The summed E-state index contributed by atoms with van der Waals surface area (Å²) in [5.74, 6) is -2.81. The van der Waals surface area contributed by atoms with Crippen LogP contribution >= 0.6 is 0 Å². The van der Waals surface area contributed by atoms with Gasteiger partial charge in [-0.3, -0.25) is 9.59 Å². The van der Waals surface area contributed by atoms with Gasteiger partial charge in [-0.1, -0.05) is 66.7 Å². The molecule has 0 spiro atoms. The minimum Gasteiger partial charge on any atom is -0.485 e. The van der Waals surface area contributed by atoms with Crippen LogP contribution in [0, 0.1) is 11.6 Å². The molecule has 6 nitrogen and oxygen atoms in total. The molecule has 0 aliphatic rings. The SMILES string of the molecule is NC(=O)[C@@H](Cc1ccc(OCc2ccccc2)c(OCc2ccccc2)c1)NC(=O)c1ccc(F)c(F)c1. The Balaban J connectivity index is 1.52. The molecule has 0 unspecified atom stereocenters. The second-order valence-electron chi connectivity index (χ2n) is 8.59. The third kappa shape index (κ3) is 7.16. The lowest BCUT2D eigenvalue weighted by Crippen LogP contribution is -2.45. The van der Waals surface area contributed by atoms with Crippen LogP contribution in [0.4, 0.5) is 8.78 Å². The predicted molar refractivity (Wildman–Crippen MR) is 139 cm³/mol. The summed E-state index contributed by atoms with van der Waals surface area (Å²) in [5, 5.41) is 2.49. The summed E-state index contributed by atoms with van der Waals surface area (Å²) < 4.78 is 38.9. The normalized spacial score (nSPS) is 11.4. The highest BCUT2D eigenvalue weighted by Gasteiger charge is 2.21. The Hall–Kier alpha value is -4.72. The van der Waals surface area contributed by atoms with E-state index in [1.165, 1.54) is 0 Å². The van der Waals surface area contributed by atoms with E-state index in [9.17, 15) is 18.4 Å². The molecule has 4 aromatic carbocycles. The molecule has 0 bridgehead atoms. The zero-order chi connectivity index (χ0) is 26.9. The number of halogens is 2. The van der Waals surface area contributed by atoms with Crippen LogP contribution < -0.4 is 20.5 Å². The van der Waals surface area contributed by atoms with E-state index in [0.29, 0.717) is 23.7 Å². The topological polar surface area (TPSA) is 90.7 Å². The molecule has 4 aromatic rings. The summed E-state index contributed by atoms with van der Waals surface area (Å²) in [7, 11) is 0. The van der Waals surface area contributed by atoms with Crippen molar-refractivity contribution in [3.63, 3.8) is 0 Å².